The number of nitrogens with one attached hydrogen (secondary N) is 1. The fraction of sp³-hybridized carbons (Fsp3) is 0.333. The lowest BCUT2D eigenvalue weighted by atomic mass is 10.0. The van der Waals surface area contributed by atoms with Gasteiger partial charge in [-0.3, -0.25) is 0 Å². The summed E-state index contributed by atoms with van der Waals surface area (Å²) in [6.45, 7) is 2.71. The Morgan fingerprint density at radius 1 is 1.24 bits per heavy atom. The van der Waals surface area contributed by atoms with Gasteiger partial charge in [-0.15, -0.1) is 24.5 Å². The maximum absolute atomic E-state index is 12.3. The van der Waals surface area contributed by atoms with Crippen LogP contribution in [0.5, 0.6) is 5.75 Å². The minimum atomic E-state index is -4.67. The van der Waals surface area contributed by atoms with Gasteiger partial charge in [0.1, 0.15) is 5.75 Å². The normalized spacial score (nSPS) is 13.1. The first kappa shape index (κ1) is 15.9. The molecule has 1 atom stereocenters. The number of alkyl halides is 3. The lowest BCUT2D eigenvalue weighted by molar-refractivity contribution is -0.274. The fourth-order valence-corrected chi connectivity index (χ4v) is 2.86. The van der Waals surface area contributed by atoms with Gasteiger partial charge >= 0.3 is 6.36 Å². The molecule has 1 aromatic carbocycles. The average Bonchev–Trinajstić information content (AvgIpc) is 2.89. The van der Waals surface area contributed by atoms with Gasteiger partial charge in [0.05, 0.1) is 0 Å². The zero-order valence-corrected chi connectivity index (χ0v) is 12.3. The van der Waals surface area contributed by atoms with Crippen molar-refractivity contribution < 1.29 is 17.9 Å². The van der Waals surface area contributed by atoms with Crippen LogP contribution in [0.25, 0.3) is 0 Å². The van der Waals surface area contributed by atoms with Gasteiger partial charge in [0.25, 0.3) is 0 Å². The van der Waals surface area contributed by atoms with Crippen molar-refractivity contribution in [3.05, 3.63) is 52.2 Å². The summed E-state index contributed by atoms with van der Waals surface area (Å²) in [6, 6.07) is 10.1. The van der Waals surface area contributed by atoms with Crippen molar-refractivity contribution in [2.75, 3.05) is 6.54 Å². The molecule has 1 N–H and O–H groups in total. The second-order valence-corrected chi connectivity index (χ2v) is 5.55. The van der Waals surface area contributed by atoms with Crippen LogP contribution in [0.3, 0.4) is 0 Å². The third kappa shape index (κ3) is 5.06. The molecule has 0 saturated heterocycles. The van der Waals surface area contributed by atoms with E-state index in [9.17, 15) is 13.2 Å². The topological polar surface area (TPSA) is 21.3 Å². The lowest BCUT2D eigenvalue weighted by Crippen LogP contribution is -2.23. The zero-order valence-electron chi connectivity index (χ0n) is 11.5. The molecule has 2 nitrogen and oxygen atoms in total. The summed E-state index contributed by atoms with van der Waals surface area (Å²) in [4.78, 5) is 1.18. The van der Waals surface area contributed by atoms with Crippen molar-refractivity contribution in [2.24, 2.45) is 0 Å². The summed E-state index contributed by atoms with van der Waals surface area (Å²) in [5.74, 6) is -0.186. The number of benzene rings is 1. The minimum Gasteiger partial charge on any atom is -0.406 e. The fourth-order valence-electron chi connectivity index (χ4n) is 2.11. The van der Waals surface area contributed by atoms with E-state index in [4.69, 9.17) is 0 Å². The molecule has 0 fully saturated rings. The molecule has 0 amide bonds. The second kappa shape index (κ2) is 6.95. The van der Waals surface area contributed by atoms with Crippen LogP contribution in [-0.2, 0) is 6.42 Å². The molecular weight excluding hydrogens is 299 g/mol. The Bertz CT molecular complexity index is 554. The quantitative estimate of drug-likeness (QED) is 0.845. The van der Waals surface area contributed by atoms with Gasteiger partial charge in [0.15, 0.2) is 0 Å². The van der Waals surface area contributed by atoms with E-state index in [-0.39, 0.29) is 11.8 Å². The molecule has 114 valence electrons. The van der Waals surface area contributed by atoms with Gasteiger partial charge in [0, 0.05) is 17.3 Å². The summed E-state index contributed by atoms with van der Waals surface area (Å²) in [5.41, 5.74) is 0.784. The molecule has 6 heteroatoms. The zero-order chi connectivity index (χ0) is 15.3. The molecule has 0 aliphatic rings. The van der Waals surface area contributed by atoms with E-state index in [2.05, 4.69) is 10.1 Å². The highest BCUT2D eigenvalue weighted by atomic mass is 32.1. The van der Waals surface area contributed by atoms with Crippen molar-refractivity contribution >= 4 is 11.3 Å². The summed E-state index contributed by atoms with van der Waals surface area (Å²) in [6.07, 6.45) is -3.93. The van der Waals surface area contributed by atoms with E-state index >= 15 is 0 Å². The van der Waals surface area contributed by atoms with Gasteiger partial charge < -0.3 is 10.1 Å². The van der Waals surface area contributed by atoms with Crippen molar-refractivity contribution in [3.8, 4) is 5.75 Å². The highest BCUT2D eigenvalue weighted by Gasteiger charge is 2.31. The van der Waals surface area contributed by atoms with Gasteiger partial charge in [-0.25, -0.2) is 0 Å². The van der Waals surface area contributed by atoms with E-state index in [0.717, 1.165) is 18.5 Å². The van der Waals surface area contributed by atoms with Gasteiger partial charge in [-0.05, 0) is 35.7 Å². The van der Waals surface area contributed by atoms with Crippen LogP contribution < -0.4 is 10.1 Å². The molecule has 1 unspecified atom stereocenters. The molecule has 21 heavy (non-hydrogen) atoms. The van der Waals surface area contributed by atoms with Gasteiger partial charge in [-0.1, -0.05) is 25.1 Å². The first-order valence-electron chi connectivity index (χ1n) is 6.59. The predicted molar refractivity (Wildman–Crippen MR) is 77.6 cm³/mol. The van der Waals surface area contributed by atoms with E-state index < -0.39 is 6.36 Å². The van der Waals surface area contributed by atoms with Crippen LogP contribution in [-0.4, -0.2) is 12.9 Å². The largest absolute Gasteiger partial charge is 0.573 e. The molecule has 1 heterocycles. The molecule has 2 rings (SSSR count). The number of hydrogen-bond donors (Lipinski definition) is 1. The Balaban J connectivity index is 2.17. The third-order valence-corrected chi connectivity index (χ3v) is 3.83. The van der Waals surface area contributed by atoms with Crippen molar-refractivity contribution in [2.45, 2.75) is 25.7 Å². The predicted octanol–water partition coefficient (Wildman–Crippen LogP) is 4.54. The van der Waals surface area contributed by atoms with Crippen molar-refractivity contribution in [1.82, 2.24) is 5.32 Å². The molecule has 0 aliphatic carbocycles. The first-order chi connectivity index (χ1) is 9.98. The molecule has 2 aromatic rings. The van der Waals surface area contributed by atoms with E-state index in [1.165, 1.54) is 17.0 Å². The van der Waals surface area contributed by atoms with Crippen molar-refractivity contribution in [3.63, 3.8) is 0 Å². The summed E-state index contributed by atoms with van der Waals surface area (Å²) >= 11 is 1.63. The van der Waals surface area contributed by atoms with E-state index in [1.54, 1.807) is 17.4 Å². The maximum atomic E-state index is 12.3. The smallest absolute Gasteiger partial charge is 0.406 e. The summed E-state index contributed by atoms with van der Waals surface area (Å²) < 4.78 is 40.9. The Hall–Kier alpha value is -1.53. The van der Waals surface area contributed by atoms with Crippen LogP contribution in [0.15, 0.2) is 41.8 Å². The Morgan fingerprint density at radius 2 is 2.05 bits per heavy atom. The van der Waals surface area contributed by atoms with Crippen LogP contribution in [0.1, 0.15) is 23.4 Å². The number of thiophene rings is 1. The van der Waals surface area contributed by atoms with Gasteiger partial charge in [-0.2, -0.15) is 0 Å². The van der Waals surface area contributed by atoms with Gasteiger partial charge in [0.2, 0.25) is 0 Å². The highest BCUT2D eigenvalue weighted by Crippen LogP contribution is 2.27. The molecule has 1 aromatic heterocycles. The number of halogens is 3. The number of likely N-dealkylation sites (N-methyl/N-ethyl adjacent to an activating group) is 1. The SMILES string of the molecule is CCNC(Cc1cccs1)c1cccc(OC(F)(F)F)c1. The molecule has 0 saturated carbocycles. The lowest BCUT2D eigenvalue weighted by Gasteiger charge is -2.19. The Kier molecular flexibility index (Phi) is 5.25. The van der Waals surface area contributed by atoms with E-state index in [1.807, 2.05) is 30.5 Å². The average molecular weight is 315 g/mol. The minimum absolute atomic E-state index is 0.0366. The van der Waals surface area contributed by atoms with Crippen LogP contribution in [0.4, 0.5) is 13.2 Å². The molecule has 0 aliphatic heterocycles. The summed E-state index contributed by atoms with van der Waals surface area (Å²) in [5, 5.41) is 5.28. The van der Waals surface area contributed by atoms with Crippen molar-refractivity contribution in [1.29, 1.82) is 0 Å². The Labute approximate surface area is 125 Å². The van der Waals surface area contributed by atoms with Crippen LogP contribution in [0, 0.1) is 0 Å². The number of hydrogen-bond acceptors (Lipinski definition) is 3. The number of ether oxygens (including phenoxy) is 1. The molecule has 0 bridgehead atoms. The standard InChI is InChI=1S/C15H16F3NOS/c1-2-19-14(10-13-7-4-8-21-13)11-5-3-6-12(9-11)20-15(16,17)18/h3-9,14,19H,2,10H2,1H3. The number of rotatable bonds is 6. The first-order valence-corrected chi connectivity index (χ1v) is 7.47. The van der Waals surface area contributed by atoms with Crippen LogP contribution >= 0.6 is 11.3 Å². The Morgan fingerprint density at radius 3 is 2.67 bits per heavy atom. The monoisotopic (exact) mass is 315 g/mol. The molecular formula is C15H16F3NOS. The maximum Gasteiger partial charge on any atom is 0.573 e. The third-order valence-electron chi connectivity index (χ3n) is 2.93. The van der Waals surface area contributed by atoms with Crippen LogP contribution in [0.2, 0.25) is 0 Å². The molecule has 0 spiro atoms. The highest BCUT2D eigenvalue weighted by molar-refractivity contribution is 7.09. The molecule has 0 radical (unpaired) electrons. The summed E-state index contributed by atoms with van der Waals surface area (Å²) in [7, 11) is 0. The second-order valence-electron chi connectivity index (χ2n) is 4.51. The van der Waals surface area contributed by atoms with E-state index in [0.29, 0.717) is 0 Å².